The largest absolute Gasteiger partial charge is 0.310 e. The lowest BCUT2D eigenvalue weighted by Crippen LogP contribution is -2.09. The van der Waals surface area contributed by atoms with E-state index < -0.39 is 0 Å². The quantitative estimate of drug-likeness (QED) is 0.141. The Morgan fingerprint density at radius 1 is 0.273 bits per heavy atom. The molecule has 0 amide bonds. The summed E-state index contributed by atoms with van der Waals surface area (Å²) in [5.41, 5.74) is 17.6. The van der Waals surface area contributed by atoms with Crippen molar-refractivity contribution in [3.05, 3.63) is 267 Å². The summed E-state index contributed by atoms with van der Waals surface area (Å²) in [5.74, 6) is 0. The predicted molar refractivity (Wildman–Crippen MR) is 280 cm³/mol. The van der Waals surface area contributed by atoms with E-state index in [1.165, 1.54) is 88.2 Å². The van der Waals surface area contributed by atoms with Gasteiger partial charge in [-0.1, -0.05) is 206 Å². The van der Waals surface area contributed by atoms with Crippen LogP contribution in [-0.4, -0.2) is 4.57 Å². The zero-order chi connectivity index (χ0) is 43.8. The van der Waals surface area contributed by atoms with Gasteiger partial charge in [0.15, 0.2) is 0 Å². The molecule has 2 nitrogen and oxygen atoms in total. The van der Waals surface area contributed by atoms with E-state index in [2.05, 4.69) is 276 Å². The van der Waals surface area contributed by atoms with Gasteiger partial charge in [-0.25, -0.2) is 0 Å². The number of fused-ring (bicyclic) bond motifs is 4. The number of nitrogens with zero attached hydrogens (tertiary/aromatic N) is 2. The minimum absolute atomic E-state index is 1.10. The van der Waals surface area contributed by atoms with Crippen LogP contribution in [0.15, 0.2) is 267 Å². The summed E-state index contributed by atoms with van der Waals surface area (Å²) in [7, 11) is 0. The molecule has 0 radical (unpaired) electrons. The molecular formula is C64H44N2. The Morgan fingerprint density at radius 3 is 1.27 bits per heavy atom. The van der Waals surface area contributed by atoms with Gasteiger partial charge in [0.1, 0.15) is 0 Å². The van der Waals surface area contributed by atoms with Gasteiger partial charge in [0.2, 0.25) is 0 Å². The molecule has 1 aromatic heterocycles. The van der Waals surface area contributed by atoms with Crippen LogP contribution >= 0.6 is 0 Å². The Hall–Kier alpha value is -8.72. The molecule has 0 aliphatic rings. The molecule has 0 saturated heterocycles. The monoisotopic (exact) mass is 840 g/mol. The first-order valence-electron chi connectivity index (χ1n) is 22.7. The van der Waals surface area contributed by atoms with Gasteiger partial charge in [-0.05, 0) is 121 Å². The highest BCUT2D eigenvalue weighted by molar-refractivity contribution is 6.20. The molecule has 0 bridgehead atoms. The summed E-state index contributed by atoms with van der Waals surface area (Å²) >= 11 is 0. The van der Waals surface area contributed by atoms with Crippen molar-refractivity contribution >= 4 is 49.5 Å². The van der Waals surface area contributed by atoms with Crippen LogP contribution in [0.3, 0.4) is 0 Å². The number of rotatable bonds is 9. The van der Waals surface area contributed by atoms with Gasteiger partial charge < -0.3 is 9.47 Å². The van der Waals surface area contributed by atoms with Crippen molar-refractivity contribution in [2.75, 3.05) is 4.90 Å². The third kappa shape index (κ3) is 7.02. The molecule has 1 heterocycles. The molecule has 0 aliphatic heterocycles. The molecule has 0 N–H and O–H groups in total. The van der Waals surface area contributed by atoms with Gasteiger partial charge >= 0.3 is 0 Å². The molecule has 11 aromatic carbocycles. The van der Waals surface area contributed by atoms with Crippen molar-refractivity contribution in [3.63, 3.8) is 0 Å². The number of para-hydroxylation sites is 1. The van der Waals surface area contributed by atoms with Crippen LogP contribution in [0.2, 0.25) is 0 Å². The molecule has 12 aromatic rings. The first-order valence-corrected chi connectivity index (χ1v) is 22.7. The molecule has 66 heavy (non-hydrogen) atoms. The van der Waals surface area contributed by atoms with E-state index in [-0.39, 0.29) is 0 Å². The lowest BCUT2D eigenvalue weighted by Gasteiger charge is -2.26. The van der Waals surface area contributed by atoms with Gasteiger partial charge in [-0.2, -0.15) is 0 Å². The molecular weight excluding hydrogens is 797 g/mol. The molecule has 310 valence electrons. The molecule has 12 rings (SSSR count). The second-order valence-electron chi connectivity index (χ2n) is 16.9. The fraction of sp³-hybridized carbons (Fsp3) is 0. The molecule has 0 fully saturated rings. The van der Waals surface area contributed by atoms with E-state index in [1.54, 1.807) is 0 Å². The molecule has 0 spiro atoms. The van der Waals surface area contributed by atoms with Gasteiger partial charge in [0.25, 0.3) is 0 Å². The Bertz CT molecular complexity index is 3550. The van der Waals surface area contributed by atoms with Crippen molar-refractivity contribution in [2.45, 2.75) is 0 Å². The standard InChI is InChI=1S/C64H44N2/c1-6-18-45(19-7-1)47-32-37-55(38-33-47)65(56-39-34-48(35-40-56)46-20-8-2-9-21-46)57-41-36-51-42-53(31-30-52(51)43-57)60-44-61-62(49-22-10-3-11-23-49)63(50-24-12-4-13-25-50)66(54-26-14-5-15-27-54)64(61)59-29-17-16-28-58(59)60/h1-44H. The zero-order valence-corrected chi connectivity index (χ0v) is 36.3. The third-order valence-corrected chi connectivity index (χ3v) is 13.0. The highest BCUT2D eigenvalue weighted by atomic mass is 15.1. The second kappa shape index (κ2) is 16.8. The van der Waals surface area contributed by atoms with Crippen LogP contribution in [0.4, 0.5) is 17.1 Å². The van der Waals surface area contributed by atoms with E-state index >= 15 is 0 Å². The summed E-state index contributed by atoms with van der Waals surface area (Å²) in [6, 6.07) is 96.8. The summed E-state index contributed by atoms with van der Waals surface area (Å²) in [6.45, 7) is 0. The average molecular weight is 841 g/mol. The smallest absolute Gasteiger partial charge is 0.0620 e. The maximum absolute atomic E-state index is 2.48. The highest BCUT2D eigenvalue weighted by Gasteiger charge is 2.25. The van der Waals surface area contributed by atoms with Crippen LogP contribution < -0.4 is 4.90 Å². The van der Waals surface area contributed by atoms with E-state index in [9.17, 15) is 0 Å². The summed E-state index contributed by atoms with van der Waals surface area (Å²) in [5, 5.41) is 6.03. The van der Waals surface area contributed by atoms with Gasteiger partial charge in [-0.15, -0.1) is 0 Å². The summed E-state index contributed by atoms with van der Waals surface area (Å²) in [4.78, 5) is 2.37. The highest BCUT2D eigenvalue weighted by Crippen LogP contribution is 2.48. The van der Waals surface area contributed by atoms with E-state index in [1.807, 2.05) is 0 Å². The minimum atomic E-state index is 1.10. The Balaban J connectivity index is 1.02. The number of hydrogen-bond donors (Lipinski definition) is 0. The average Bonchev–Trinajstić information content (AvgIpc) is 3.75. The van der Waals surface area contributed by atoms with Gasteiger partial charge in [0.05, 0.1) is 11.2 Å². The normalized spacial score (nSPS) is 11.3. The first-order chi connectivity index (χ1) is 32.7. The van der Waals surface area contributed by atoms with Crippen molar-refractivity contribution in [2.24, 2.45) is 0 Å². The Morgan fingerprint density at radius 2 is 0.697 bits per heavy atom. The Kier molecular flexibility index (Phi) is 9.89. The fourth-order valence-electron chi connectivity index (χ4n) is 9.84. The summed E-state index contributed by atoms with van der Waals surface area (Å²) < 4.78 is 2.48. The van der Waals surface area contributed by atoms with Crippen molar-refractivity contribution in [3.8, 4) is 61.5 Å². The summed E-state index contributed by atoms with van der Waals surface area (Å²) in [6.07, 6.45) is 0. The molecule has 0 unspecified atom stereocenters. The zero-order valence-electron chi connectivity index (χ0n) is 36.3. The molecule has 0 aliphatic carbocycles. The number of hydrogen-bond acceptors (Lipinski definition) is 1. The van der Waals surface area contributed by atoms with Gasteiger partial charge in [0, 0.05) is 39.1 Å². The Labute approximate surface area is 385 Å². The van der Waals surface area contributed by atoms with Crippen LogP contribution in [-0.2, 0) is 0 Å². The second-order valence-corrected chi connectivity index (χ2v) is 16.9. The third-order valence-electron chi connectivity index (χ3n) is 13.0. The maximum Gasteiger partial charge on any atom is 0.0620 e. The van der Waals surface area contributed by atoms with Crippen molar-refractivity contribution < 1.29 is 0 Å². The van der Waals surface area contributed by atoms with E-state index in [4.69, 9.17) is 0 Å². The van der Waals surface area contributed by atoms with Crippen molar-refractivity contribution in [1.29, 1.82) is 0 Å². The van der Waals surface area contributed by atoms with Crippen LogP contribution in [0.1, 0.15) is 0 Å². The minimum Gasteiger partial charge on any atom is -0.310 e. The lowest BCUT2D eigenvalue weighted by atomic mass is 9.91. The predicted octanol–water partition coefficient (Wildman–Crippen LogP) is 17.7. The number of benzene rings is 11. The molecule has 0 saturated carbocycles. The first kappa shape index (κ1) is 38.9. The molecule has 0 atom stereocenters. The van der Waals surface area contributed by atoms with Crippen LogP contribution in [0.5, 0.6) is 0 Å². The topological polar surface area (TPSA) is 8.17 Å². The fourth-order valence-corrected chi connectivity index (χ4v) is 9.84. The number of aromatic nitrogens is 1. The maximum atomic E-state index is 2.48. The van der Waals surface area contributed by atoms with E-state index in [0.29, 0.717) is 0 Å². The lowest BCUT2D eigenvalue weighted by molar-refractivity contribution is 1.14. The van der Waals surface area contributed by atoms with E-state index in [0.717, 1.165) is 22.7 Å². The van der Waals surface area contributed by atoms with Gasteiger partial charge in [-0.3, -0.25) is 0 Å². The van der Waals surface area contributed by atoms with Crippen LogP contribution in [0, 0.1) is 0 Å². The van der Waals surface area contributed by atoms with Crippen molar-refractivity contribution in [1.82, 2.24) is 4.57 Å². The van der Waals surface area contributed by atoms with Crippen LogP contribution in [0.25, 0.3) is 93.9 Å². The molecule has 2 heteroatoms. The number of anilines is 3. The SMILES string of the molecule is c1ccc(-c2ccc(N(c3ccc(-c4ccccc4)cc3)c3ccc4cc(-c5cc6c(-c7ccccc7)c(-c7ccccc7)n(-c7ccccc7)c6c6ccccc56)ccc4c3)cc2)cc1.